The Morgan fingerprint density at radius 1 is 1.00 bits per heavy atom. The van der Waals surface area contributed by atoms with Crippen molar-refractivity contribution in [1.82, 2.24) is 10.6 Å². The Labute approximate surface area is 156 Å². The van der Waals surface area contributed by atoms with Crippen LogP contribution < -0.4 is 29.6 Å². The van der Waals surface area contributed by atoms with Gasteiger partial charge in [0.15, 0.2) is 29.6 Å². The molecule has 2 amide bonds. The van der Waals surface area contributed by atoms with E-state index in [-0.39, 0.29) is 25.9 Å². The fraction of sp³-hybridized carbons (Fsp3) is 0.263. The van der Waals surface area contributed by atoms with Crippen molar-refractivity contribution in [2.75, 3.05) is 27.1 Å². The summed E-state index contributed by atoms with van der Waals surface area (Å²) in [5, 5.41) is 5.23. The lowest BCUT2D eigenvalue weighted by Crippen LogP contribution is -2.38. The van der Waals surface area contributed by atoms with E-state index < -0.39 is 5.91 Å². The summed E-state index contributed by atoms with van der Waals surface area (Å²) < 4.78 is 21.1. The summed E-state index contributed by atoms with van der Waals surface area (Å²) in [6, 6.07) is 12.5. The average molecular weight is 372 g/mol. The molecule has 0 unspecified atom stereocenters. The summed E-state index contributed by atoms with van der Waals surface area (Å²) in [5.41, 5.74) is 0.874. The summed E-state index contributed by atoms with van der Waals surface area (Å²) in [6.07, 6.45) is 0. The lowest BCUT2D eigenvalue weighted by atomic mass is 10.2. The molecular formula is C19H20N2O6. The Hall–Kier alpha value is -3.42. The van der Waals surface area contributed by atoms with Gasteiger partial charge in [-0.1, -0.05) is 18.2 Å². The maximum atomic E-state index is 11.9. The highest BCUT2D eigenvalue weighted by Crippen LogP contribution is 2.32. The van der Waals surface area contributed by atoms with Crippen LogP contribution in [0.15, 0.2) is 42.5 Å². The normalized spacial score (nSPS) is 11.6. The topological polar surface area (TPSA) is 95.1 Å². The second-order valence-electron chi connectivity index (χ2n) is 5.68. The number of carbonyl (C=O) groups excluding carboxylic acids is 2. The minimum Gasteiger partial charge on any atom is -0.493 e. The zero-order chi connectivity index (χ0) is 19.1. The third kappa shape index (κ3) is 5.04. The van der Waals surface area contributed by atoms with Crippen LogP contribution in [0, 0.1) is 0 Å². The second kappa shape index (κ2) is 8.79. The first-order chi connectivity index (χ1) is 13.2. The van der Waals surface area contributed by atoms with Crippen molar-refractivity contribution >= 4 is 11.8 Å². The molecule has 0 atom stereocenters. The molecule has 2 N–H and O–H groups in total. The van der Waals surface area contributed by atoms with E-state index in [4.69, 9.17) is 18.9 Å². The van der Waals surface area contributed by atoms with Gasteiger partial charge in [-0.2, -0.15) is 0 Å². The van der Waals surface area contributed by atoms with Gasteiger partial charge in [-0.3, -0.25) is 9.59 Å². The maximum Gasteiger partial charge on any atom is 0.258 e. The van der Waals surface area contributed by atoms with Crippen molar-refractivity contribution < 1.29 is 28.5 Å². The number of para-hydroxylation sites is 2. The molecule has 0 spiro atoms. The number of hydrogen-bond acceptors (Lipinski definition) is 6. The predicted molar refractivity (Wildman–Crippen MR) is 95.9 cm³/mol. The van der Waals surface area contributed by atoms with Gasteiger partial charge in [0, 0.05) is 6.54 Å². The van der Waals surface area contributed by atoms with E-state index in [1.54, 1.807) is 30.3 Å². The minimum absolute atomic E-state index is 0.140. The zero-order valence-corrected chi connectivity index (χ0v) is 14.8. The van der Waals surface area contributed by atoms with Crippen molar-refractivity contribution in [3.63, 3.8) is 0 Å². The molecule has 142 valence electrons. The van der Waals surface area contributed by atoms with Gasteiger partial charge >= 0.3 is 0 Å². The molecule has 0 saturated heterocycles. The lowest BCUT2D eigenvalue weighted by Gasteiger charge is -2.10. The van der Waals surface area contributed by atoms with Crippen molar-refractivity contribution in [2.24, 2.45) is 0 Å². The molecular weight excluding hydrogens is 352 g/mol. The van der Waals surface area contributed by atoms with Gasteiger partial charge in [0.05, 0.1) is 13.7 Å². The van der Waals surface area contributed by atoms with Gasteiger partial charge in [0.1, 0.15) is 0 Å². The molecule has 1 aliphatic heterocycles. The molecule has 2 aromatic carbocycles. The Bertz CT molecular complexity index is 824. The molecule has 8 nitrogen and oxygen atoms in total. The second-order valence-corrected chi connectivity index (χ2v) is 5.68. The molecule has 0 bridgehead atoms. The average Bonchev–Trinajstić information content (AvgIpc) is 3.17. The van der Waals surface area contributed by atoms with Gasteiger partial charge < -0.3 is 29.6 Å². The molecule has 2 aromatic rings. The summed E-state index contributed by atoms with van der Waals surface area (Å²) in [7, 11) is 1.52. The molecule has 8 heteroatoms. The van der Waals surface area contributed by atoms with Gasteiger partial charge in [-0.15, -0.1) is 0 Å². The van der Waals surface area contributed by atoms with E-state index in [9.17, 15) is 9.59 Å². The standard InChI is InChI=1S/C19H20N2O6/c1-24-14-4-2-3-5-15(14)25-11-19(23)21-10-18(22)20-9-13-6-7-16-17(8-13)27-12-26-16/h2-8H,9-12H2,1H3,(H,20,22)(H,21,23). The Morgan fingerprint density at radius 2 is 1.78 bits per heavy atom. The van der Waals surface area contributed by atoms with Crippen LogP contribution in [0.4, 0.5) is 0 Å². The third-order valence-corrected chi connectivity index (χ3v) is 3.80. The lowest BCUT2D eigenvalue weighted by molar-refractivity contribution is -0.127. The molecule has 3 rings (SSSR count). The highest BCUT2D eigenvalue weighted by molar-refractivity contribution is 5.85. The van der Waals surface area contributed by atoms with Gasteiger partial charge in [-0.05, 0) is 29.8 Å². The van der Waals surface area contributed by atoms with Crippen LogP contribution >= 0.6 is 0 Å². The number of methoxy groups -OCH3 is 1. The van der Waals surface area contributed by atoms with Crippen molar-refractivity contribution in [1.29, 1.82) is 0 Å². The Morgan fingerprint density at radius 3 is 2.59 bits per heavy atom. The number of carbonyl (C=O) groups is 2. The number of amides is 2. The van der Waals surface area contributed by atoms with E-state index in [1.807, 2.05) is 12.1 Å². The van der Waals surface area contributed by atoms with Crippen LogP contribution in [0.3, 0.4) is 0 Å². The van der Waals surface area contributed by atoms with Gasteiger partial charge in [0.25, 0.3) is 5.91 Å². The van der Waals surface area contributed by atoms with E-state index in [2.05, 4.69) is 10.6 Å². The molecule has 0 aromatic heterocycles. The molecule has 0 fully saturated rings. The Balaban J connectivity index is 1.38. The number of hydrogen-bond donors (Lipinski definition) is 2. The van der Waals surface area contributed by atoms with E-state index >= 15 is 0 Å². The first-order valence-electron chi connectivity index (χ1n) is 8.33. The molecule has 1 heterocycles. The summed E-state index contributed by atoms with van der Waals surface area (Å²) in [4.78, 5) is 23.7. The first kappa shape index (κ1) is 18.4. The third-order valence-electron chi connectivity index (χ3n) is 3.80. The van der Waals surface area contributed by atoms with E-state index in [1.165, 1.54) is 7.11 Å². The van der Waals surface area contributed by atoms with Crippen LogP contribution in [-0.4, -0.2) is 38.9 Å². The highest BCUT2D eigenvalue weighted by Gasteiger charge is 2.13. The first-order valence-corrected chi connectivity index (χ1v) is 8.33. The molecule has 0 radical (unpaired) electrons. The van der Waals surface area contributed by atoms with Crippen molar-refractivity contribution in [3.8, 4) is 23.0 Å². The monoisotopic (exact) mass is 372 g/mol. The van der Waals surface area contributed by atoms with Crippen LogP contribution in [0.5, 0.6) is 23.0 Å². The van der Waals surface area contributed by atoms with Crippen molar-refractivity contribution in [2.45, 2.75) is 6.54 Å². The molecule has 0 saturated carbocycles. The highest BCUT2D eigenvalue weighted by atomic mass is 16.7. The summed E-state index contributed by atoms with van der Waals surface area (Å²) in [5.74, 6) is 1.63. The van der Waals surface area contributed by atoms with Crippen LogP contribution in [0.2, 0.25) is 0 Å². The fourth-order valence-corrected chi connectivity index (χ4v) is 2.43. The summed E-state index contributed by atoms with van der Waals surface area (Å²) in [6.45, 7) is 0.172. The maximum absolute atomic E-state index is 11.9. The molecule has 27 heavy (non-hydrogen) atoms. The number of fused-ring (bicyclic) bond motifs is 1. The number of benzene rings is 2. The predicted octanol–water partition coefficient (Wildman–Crippen LogP) is 1.24. The number of nitrogens with one attached hydrogen (secondary N) is 2. The van der Waals surface area contributed by atoms with Crippen molar-refractivity contribution in [3.05, 3.63) is 48.0 Å². The SMILES string of the molecule is COc1ccccc1OCC(=O)NCC(=O)NCc1ccc2c(c1)OCO2. The smallest absolute Gasteiger partial charge is 0.258 e. The van der Waals surface area contributed by atoms with Crippen LogP contribution in [-0.2, 0) is 16.1 Å². The number of rotatable bonds is 8. The van der Waals surface area contributed by atoms with Gasteiger partial charge in [-0.25, -0.2) is 0 Å². The van der Waals surface area contributed by atoms with E-state index in [0.717, 1.165) is 5.56 Å². The van der Waals surface area contributed by atoms with E-state index in [0.29, 0.717) is 29.5 Å². The zero-order valence-electron chi connectivity index (χ0n) is 14.8. The summed E-state index contributed by atoms with van der Waals surface area (Å²) >= 11 is 0. The Kier molecular flexibility index (Phi) is 5.98. The fourth-order valence-electron chi connectivity index (χ4n) is 2.43. The van der Waals surface area contributed by atoms with Crippen LogP contribution in [0.25, 0.3) is 0 Å². The van der Waals surface area contributed by atoms with Crippen LogP contribution in [0.1, 0.15) is 5.56 Å². The quantitative estimate of drug-likeness (QED) is 0.724. The largest absolute Gasteiger partial charge is 0.493 e. The van der Waals surface area contributed by atoms with Gasteiger partial charge in [0.2, 0.25) is 12.7 Å². The number of ether oxygens (including phenoxy) is 4. The molecule has 1 aliphatic rings. The minimum atomic E-state index is -0.404. The molecule has 0 aliphatic carbocycles.